The summed E-state index contributed by atoms with van der Waals surface area (Å²) in [4.78, 5) is 20.1. The molecule has 0 radical (unpaired) electrons. The van der Waals surface area contributed by atoms with E-state index >= 15 is 0 Å². The highest BCUT2D eigenvalue weighted by molar-refractivity contribution is 7.19. The smallest absolute Gasteiger partial charge is 0.217 e. The van der Waals surface area contributed by atoms with Crippen molar-refractivity contribution in [2.24, 2.45) is 0 Å². The van der Waals surface area contributed by atoms with Gasteiger partial charge in [-0.05, 0) is 32.0 Å². The van der Waals surface area contributed by atoms with Gasteiger partial charge >= 0.3 is 0 Å². The van der Waals surface area contributed by atoms with Crippen LogP contribution >= 0.6 is 22.9 Å². The van der Waals surface area contributed by atoms with Crippen molar-refractivity contribution in [2.75, 3.05) is 0 Å². The lowest BCUT2D eigenvalue weighted by Crippen LogP contribution is -2.41. The zero-order chi connectivity index (χ0) is 21.1. The van der Waals surface area contributed by atoms with Crippen LogP contribution in [0.15, 0.2) is 30.5 Å². The summed E-state index contributed by atoms with van der Waals surface area (Å²) in [6, 6.07) is 7.09. The number of fused-ring (bicyclic) bond motifs is 1. The first kappa shape index (κ1) is 21.3. The van der Waals surface area contributed by atoms with E-state index in [-0.39, 0.29) is 18.1 Å². The van der Waals surface area contributed by atoms with E-state index in [4.69, 9.17) is 21.1 Å². The minimum absolute atomic E-state index is 0.0973. The number of halogens is 1. The topological polar surface area (TPSA) is 73.3 Å². The largest absolute Gasteiger partial charge is 0.472 e. The molecule has 2 aromatic heterocycles. The van der Waals surface area contributed by atoms with Crippen molar-refractivity contribution in [3.63, 3.8) is 0 Å². The second kappa shape index (κ2) is 8.97. The predicted molar refractivity (Wildman–Crippen MR) is 116 cm³/mol. The SMILES string of the molecule is CC(=O)NC(C)C(C)Oc1ccc(Oc2ccc3nc(C(C)C)sc3c2Cl)cn1. The summed E-state index contributed by atoms with van der Waals surface area (Å²) >= 11 is 8.14. The van der Waals surface area contributed by atoms with Crippen molar-refractivity contribution in [1.29, 1.82) is 0 Å². The molecule has 0 aliphatic rings. The average Bonchev–Trinajstić information content (AvgIpc) is 3.10. The van der Waals surface area contributed by atoms with Gasteiger partial charge in [0.25, 0.3) is 0 Å². The van der Waals surface area contributed by atoms with E-state index in [2.05, 4.69) is 29.1 Å². The van der Waals surface area contributed by atoms with Crippen LogP contribution < -0.4 is 14.8 Å². The van der Waals surface area contributed by atoms with Crippen LogP contribution in [-0.2, 0) is 4.79 Å². The van der Waals surface area contributed by atoms with E-state index in [0.29, 0.717) is 28.3 Å². The van der Waals surface area contributed by atoms with Crippen molar-refractivity contribution in [1.82, 2.24) is 15.3 Å². The number of aromatic nitrogens is 2. The van der Waals surface area contributed by atoms with Crippen LogP contribution in [0, 0.1) is 0 Å². The first-order valence-corrected chi connectivity index (χ1v) is 10.6. The lowest BCUT2D eigenvalue weighted by atomic mass is 10.2. The fourth-order valence-electron chi connectivity index (χ4n) is 2.64. The van der Waals surface area contributed by atoms with Gasteiger partial charge in [-0.2, -0.15) is 0 Å². The molecule has 2 heterocycles. The van der Waals surface area contributed by atoms with Gasteiger partial charge in [-0.25, -0.2) is 9.97 Å². The fraction of sp³-hybridized carbons (Fsp3) is 0.381. The normalized spacial score (nSPS) is 13.3. The van der Waals surface area contributed by atoms with Crippen molar-refractivity contribution in [3.05, 3.63) is 40.5 Å². The number of thiazole rings is 1. The highest BCUT2D eigenvalue weighted by Gasteiger charge is 2.16. The Bertz CT molecular complexity index is 1000. The maximum absolute atomic E-state index is 11.2. The molecule has 0 aliphatic heterocycles. The van der Waals surface area contributed by atoms with Crippen molar-refractivity contribution in [2.45, 2.75) is 52.7 Å². The molecule has 0 bridgehead atoms. The maximum Gasteiger partial charge on any atom is 0.217 e. The third-order valence-electron chi connectivity index (χ3n) is 4.35. The van der Waals surface area contributed by atoms with Gasteiger partial charge in [0.1, 0.15) is 22.6 Å². The number of carbonyl (C=O) groups is 1. The highest BCUT2D eigenvalue weighted by atomic mass is 35.5. The molecule has 1 amide bonds. The number of hydrogen-bond donors (Lipinski definition) is 1. The number of ether oxygens (including phenoxy) is 2. The van der Waals surface area contributed by atoms with E-state index in [9.17, 15) is 4.79 Å². The lowest BCUT2D eigenvalue weighted by Gasteiger charge is -2.21. The molecule has 1 N–H and O–H groups in total. The van der Waals surface area contributed by atoms with Gasteiger partial charge in [-0.1, -0.05) is 25.4 Å². The van der Waals surface area contributed by atoms with Crippen LogP contribution in [0.2, 0.25) is 5.02 Å². The number of amides is 1. The number of rotatable bonds is 7. The number of nitrogens with one attached hydrogen (secondary N) is 1. The van der Waals surface area contributed by atoms with Crippen LogP contribution in [0.3, 0.4) is 0 Å². The van der Waals surface area contributed by atoms with Crippen LogP contribution in [0.4, 0.5) is 0 Å². The standard InChI is InChI=1S/C21H24ClN3O3S/c1-11(2)21-25-16-7-8-17(19(22)20(16)29-21)28-15-6-9-18(23-10-15)27-13(4)12(3)24-14(5)26/h6-13H,1-5H3,(H,24,26). The third-order valence-corrected chi connectivity index (χ3v) is 6.23. The van der Waals surface area contributed by atoms with Gasteiger partial charge in [0.05, 0.1) is 27.5 Å². The Kier molecular flexibility index (Phi) is 6.59. The molecule has 3 aromatic rings. The summed E-state index contributed by atoms with van der Waals surface area (Å²) in [6.45, 7) is 9.45. The quantitative estimate of drug-likeness (QED) is 0.528. The van der Waals surface area contributed by atoms with E-state index in [0.717, 1.165) is 15.2 Å². The van der Waals surface area contributed by atoms with Crippen LogP contribution in [0.5, 0.6) is 17.4 Å². The maximum atomic E-state index is 11.2. The van der Waals surface area contributed by atoms with Gasteiger partial charge in [-0.15, -0.1) is 11.3 Å². The Labute approximate surface area is 179 Å². The molecule has 2 unspecified atom stereocenters. The van der Waals surface area contributed by atoms with E-state index in [1.54, 1.807) is 29.7 Å². The van der Waals surface area contributed by atoms with E-state index < -0.39 is 0 Å². The first-order valence-electron chi connectivity index (χ1n) is 9.41. The Morgan fingerprint density at radius 1 is 1.17 bits per heavy atom. The van der Waals surface area contributed by atoms with Crippen molar-refractivity contribution >= 4 is 39.1 Å². The summed E-state index contributed by atoms with van der Waals surface area (Å²) < 4.78 is 12.6. The summed E-state index contributed by atoms with van der Waals surface area (Å²) in [5, 5.41) is 4.39. The molecule has 0 saturated heterocycles. The summed E-state index contributed by atoms with van der Waals surface area (Å²) in [6.07, 6.45) is 1.36. The molecule has 0 fully saturated rings. The third kappa shape index (κ3) is 5.16. The molecule has 2 atom stereocenters. The molecule has 6 nitrogen and oxygen atoms in total. The molecule has 3 rings (SSSR count). The zero-order valence-corrected chi connectivity index (χ0v) is 18.6. The first-order chi connectivity index (χ1) is 13.7. The van der Waals surface area contributed by atoms with Crippen molar-refractivity contribution in [3.8, 4) is 17.4 Å². The Hall–Kier alpha value is -2.38. The molecule has 0 saturated carbocycles. The van der Waals surface area contributed by atoms with Crippen molar-refractivity contribution < 1.29 is 14.3 Å². The molecule has 1 aromatic carbocycles. The number of hydrogen-bond acceptors (Lipinski definition) is 6. The van der Waals surface area contributed by atoms with E-state index in [1.165, 1.54) is 6.92 Å². The number of nitrogens with zero attached hydrogens (tertiary/aromatic N) is 2. The molecule has 154 valence electrons. The van der Waals surface area contributed by atoms with Gasteiger partial charge in [0.15, 0.2) is 0 Å². The summed E-state index contributed by atoms with van der Waals surface area (Å²) in [5.74, 6) is 1.81. The fourth-order valence-corrected chi connectivity index (χ4v) is 3.95. The van der Waals surface area contributed by atoms with E-state index in [1.807, 2.05) is 26.0 Å². The second-order valence-corrected chi connectivity index (χ2v) is 8.59. The molecular formula is C21H24ClN3O3S. The lowest BCUT2D eigenvalue weighted by molar-refractivity contribution is -0.120. The minimum atomic E-state index is -0.225. The van der Waals surface area contributed by atoms with Gasteiger partial charge in [-0.3, -0.25) is 4.79 Å². The Morgan fingerprint density at radius 3 is 2.55 bits per heavy atom. The zero-order valence-electron chi connectivity index (χ0n) is 17.0. The molecule has 0 spiro atoms. The second-order valence-electron chi connectivity index (χ2n) is 7.18. The predicted octanol–water partition coefficient (Wildman–Crippen LogP) is 5.55. The average molecular weight is 434 g/mol. The van der Waals surface area contributed by atoms with Crippen LogP contribution in [-0.4, -0.2) is 28.0 Å². The van der Waals surface area contributed by atoms with Gasteiger partial charge in [0.2, 0.25) is 11.8 Å². The molecule has 0 aliphatic carbocycles. The number of benzene rings is 1. The molecule has 8 heteroatoms. The summed E-state index contributed by atoms with van der Waals surface area (Å²) in [7, 11) is 0. The van der Waals surface area contributed by atoms with Crippen LogP contribution in [0.1, 0.15) is 45.5 Å². The Morgan fingerprint density at radius 2 is 1.93 bits per heavy atom. The monoisotopic (exact) mass is 433 g/mol. The molecule has 29 heavy (non-hydrogen) atoms. The number of pyridine rings is 1. The van der Waals surface area contributed by atoms with Crippen LogP contribution in [0.25, 0.3) is 10.2 Å². The summed E-state index contributed by atoms with van der Waals surface area (Å²) in [5.41, 5.74) is 0.875. The van der Waals surface area contributed by atoms with Gasteiger partial charge < -0.3 is 14.8 Å². The Balaban J connectivity index is 1.71. The minimum Gasteiger partial charge on any atom is -0.472 e. The number of carbonyl (C=O) groups excluding carboxylic acids is 1. The highest BCUT2D eigenvalue weighted by Crippen LogP contribution is 2.39. The molecular weight excluding hydrogens is 410 g/mol. The van der Waals surface area contributed by atoms with Gasteiger partial charge in [0, 0.05) is 18.9 Å².